The monoisotopic (exact) mass is 314 g/mol. The van der Waals surface area contributed by atoms with Crippen LogP contribution in [-0.4, -0.2) is 54.9 Å². The van der Waals surface area contributed by atoms with Gasteiger partial charge < -0.3 is 22.7 Å². The number of piperazine rings is 1. The zero-order valence-corrected chi connectivity index (χ0v) is 14.7. The van der Waals surface area contributed by atoms with Crippen LogP contribution in [0.5, 0.6) is 0 Å². The summed E-state index contributed by atoms with van der Waals surface area (Å²) in [7, 11) is 2.00. The molecule has 0 atom stereocenters. The molecule has 106 valence electrons. The van der Waals surface area contributed by atoms with Crippen molar-refractivity contribution in [2.45, 2.75) is 6.44 Å². The van der Waals surface area contributed by atoms with E-state index < -0.39 is 19.0 Å². The number of hydrogen-bond acceptors (Lipinski definition) is 4. The van der Waals surface area contributed by atoms with Crippen LogP contribution < -0.4 is 61.8 Å². The molecule has 1 aliphatic heterocycles. The second-order valence-corrected chi connectivity index (χ2v) is 4.73. The molecule has 0 unspecified atom stereocenters. The number of nitrogens with zero attached hydrogens (tertiary/aromatic N) is 4. The average molecular weight is 314 g/mol. The van der Waals surface area contributed by atoms with Crippen LogP contribution in [0.25, 0.3) is 0 Å². The van der Waals surface area contributed by atoms with Crippen molar-refractivity contribution >= 4 is 12.7 Å². The average Bonchev–Trinajstić information content (AvgIpc) is 2.31. The molecule has 20 heavy (non-hydrogen) atoms. The second-order valence-electron chi connectivity index (χ2n) is 4.73. The molecule has 1 aromatic rings. The summed E-state index contributed by atoms with van der Waals surface area (Å²) >= 11 is 0. The van der Waals surface area contributed by atoms with E-state index in [2.05, 4.69) is 10.00 Å². The standard InChI is InChI=1S/C10H15BF3N4O.K/c1-16-2-4-17(5-3-16)9-6-10(19)18(15-7-9)8-11(12,13)14;/h6-7H,2-5,8H2,1H3;/q-1;+1. The van der Waals surface area contributed by atoms with Crippen LogP contribution in [0, 0.1) is 0 Å². The third kappa shape index (κ3) is 5.15. The summed E-state index contributed by atoms with van der Waals surface area (Å²) in [5.74, 6) is 0. The molecule has 1 saturated heterocycles. The number of aromatic nitrogens is 2. The van der Waals surface area contributed by atoms with E-state index >= 15 is 0 Å². The Balaban J connectivity index is 0.00000200. The van der Waals surface area contributed by atoms with Gasteiger partial charge in [-0.15, -0.1) is 0 Å². The van der Waals surface area contributed by atoms with Gasteiger partial charge in [0.05, 0.1) is 11.9 Å². The van der Waals surface area contributed by atoms with E-state index in [4.69, 9.17) is 0 Å². The Morgan fingerprint density at radius 3 is 2.35 bits per heavy atom. The predicted molar refractivity (Wildman–Crippen MR) is 67.3 cm³/mol. The normalized spacial score (nSPS) is 16.9. The molecule has 1 aromatic heterocycles. The van der Waals surface area contributed by atoms with Gasteiger partial charge in [0.25, 0.3) is 5.56 Å². The molecule has 2 rings (SSSR count). The predicted octanol–water partition coefficient (Wildman–Crippen LogP) is -2.61. The minimum atomic E-state index is -5.06. The molecule has 0 N–H and O–H groups in total. The van der Waals surface area contributed by atoms with E-state index in [-0.39, 0.29) is 51.4 Å². The van der Waals surface area contributed by atoms with Crippen LogP contribution in [0.3, 0.4) is 0 Å². The van der Waals surface area contributed by atoms with Gasteiger partial charge >= 0.3 is 58.4 Å². The molecular weight excluding hydrogens is 299 g/mol. The van der Waals surface area contributed by atoms with Crippen molar-refractivity contribution in [3.63, 3.8) is 0 Å². The molecule has 2 heterocycles. The zero-order valence-electron chi connectivity index (χ0n) is 11.6. The van der Waals surface area contributed by atoms with Crippen molar-refractivity contribution < 1.29 is 64.3 Å². The van der Waals surface area contributed by atoms with Gasteiger partial charge in [0, 0.05) is 38.7 Å². The first-order chi connectivity index (χ1) is 8.85. The number of likely N-dealkylation sites (N-methyl/N-ethyl adjacent to an activating group) is 1. The van der Waals surface area contributed by atoms with Crippen LogP contribution in [0.2, 0.25) is 0 Å². The van der Waals surface area contributed by atoms with E-state index in [1.807, 2.05) is 11.9 Å². The fourth-order valence-electron chi connectivity index (χ4n) is 1.99. The molecule has 0 saturated carbocycles. The van der Waals surface area contributed by atoms with E-state index in [0.29, 0.717) is 10.4 Å². The fraction of sp³-hybridized carbons (Fsp3) is 0.600. The summed E-state index contributed by atoms with van der Waals surface area (Å²) in [6, 6.07) is 1.22. The molecule has 0 spiro atoms. The minimum Gasteiger partial charge on any atom is -0.448 e. The summed E-state index contributed by atoms with van der Waals surface area (Å²) in [5.41, 5.74) is -0.125. The van der Waals surface area contributed by atoms with E-state index in [1.54, 1.807) is 0 Å². The molecule has 1 aliphatic rings. The Kier molecular flexibility index (Phi) is 6.74. The molecule has 0 radical (unpaired) electrons. The van der Waals surface area contributed by atoms with Crippen molar-refractivity contribution in [3.05, 3.63) is 22.6 Å². The first-order valence-electron chi connectivity index (χ1n) is 6.07. The van der Waals surface area contributed by atoms with Gasteiger partial charge in [-0.1, -0.05) is 0 Å². The van der Waals surface area contributed by atoms with Crippen molar-refractivity contribution in [1.82, 2.24) is 14.7 Å². The Morgan fingerprint density at radius 2 is 1.85 bits per heavy atom. The van der Waals surface area contributed by atoms with Gasteiger partial charge in [-0.3, -0.25) is 9.48 Å². The molecule has 0 bridgehead atoms. The van der Waals surface area contributed by atoms with Gasteiger partial charge in [-0.05, 0) is 7.05 Å². The molecule has 5 nitrogen and oxygen atoms in total. The Labute approximate surface area is 157 Å². The van der Waals surface area contributed by atoms with E-state index in [1.165, 1.54) is 12.3 Å². The molecule has 0 aromatic carbocycles. The van der Waals surface area contributed by atoms with E-state index in [0.717, 1.165) is 26.2 Å². The summed E-state index contributed by atoms with van der Waals surface area (Å²) in [6.45, 7) is -1.86. The Bertz CT molecular complexity index is 502. The van der Waals surface area contributed by atoms with Crippen molar-refractivity contribution in [1.29, 1.82) is 0 Å². The Hall–Kier alpha value is 0.131. The number of hydrogen-bond donors (Lipinski definition) is 0. The maximum atomic E-state index is 12.3. The summed E-state index contributed by atoms with van der Waals surface area (Å²) in [6.07, 6.45) is 0.0381. The molecule has 0 amide bonds. The van der Waals surface area contributed by atoms with Gasteiger partial charge in [0.15, 0.2) is 0 Å². The van der Waals surface area contributed by atoms with Gasteiger partial charge in [0.1, 0.15) is 0 Å². The largest absolute Gasteiger partial charge is 1.00 e. The number of rotatable bonds is 3. The SMILES string of the molecule is CN1CCN(c2cnn(C[B-](F)(F)F)c(=O)c2)CC1.[K+]. The van der Waals surface area contributed by atoms with Crippen LogP contribution in [0.1, 0.15) is 0 Å². The van der Waals surface area contributed by atoms with Gasteiger partial charge in [-0.2, -0.15) is 5.10 Å². The smallest absolute Gasteiger partial charge is 0.448 e. The molecule has 1 fully saturated rings. The van der Waals surface area contributed by atoms with Crippen LogP contribution in [0.4, 0.5) is 18.6 Å². The quantitative estimate of drug-likeness (QED) is 0.573. The molecule has 10 heteroatoms. The van der Waals surface area contributed by atoms with Crippen molar-refractivity contribution in [3.8, 4) is 0 Å². The molecular formula is C10H15BF3KN4O. The maximum absolute atomic E-state index is 12.3. The minimum absolute atomic E-state index is 0. The third-order valence-electron chi connectivity index (χ3n) is 3.10. The van der Waals surface area contributed by atoms with Crippen molar-refractivity contribution in [2.24, 2.45) is 0 Å². The van der Waals surface area contributed by atoms with Crippen LogP contribution in [-0.2, 0) is 6.44 Å². The maximum Gasteiger partial charge on any atom is 1.00 e. The second kappa shape index (κ2) is 7.41. The number of halogens is 3. The van der Waals surface area contributed by atoms with Gasteiger partial charge in [0.2, 0.25) is 0 Å². The topological polar surface area (TPSA) is 41.4 Å². The van der Waals surface area contributed by atoms with Crippen molar-refractivity contribution in [2.75, 3.05) is 38.1 Å². The van der Waals surface area contributed by atoms with Gasteiger partial charge in [-0.25, -0.2) is 0 Å². The van der Waals surface area contributed by atoms with Crippen LogP contribution >= 0.6 is 0 Å². The molecule has 0 aliphatic carbocycles. The zero-order chi connectivity index (χ0) is 14.0. The van der Waals surface area contributed by atoms with E-state index in [9.17, 15) is 17.7 Å². The number of anilines is 1. The van der Waals surface area contributed by atoms with Crippen LogP contribution in [0.15, 0.2) is 17.1 Å². The summed E-state index contributed by atoms with van der Waals surface area (Å²) in [4.78, 5) is 15.7. The third-order valence-corrected chi connectivity index (χ3v) is 3.10. The first-order valence-corrected chi connectivity index (χ1v) is 6.07. The Morgan fingerprint density at radius 1 is 1.25 bits per heavy atom. The first kappa shape index (κ1) is 18.2. The summed E-state index contributed by atoms with van der Waals surface area (Å²) in [5, 5.41) is 3.60. The summed E-state index contributed by atoms with van der Waals surface area (Å²) < 4.78 is 37.3. The fourth-order valence-corrected chi connectivity index (χ4v) is 1.99.